The molecule has 1 N–H and O–H groups in total. The smallest absolute Gasteiger partial charge is 0.416 e. The van der Waals surface area contributed by atoms with Gasteiger partial charge in [-0.3, -0.25) is 4.90 Å². The Labute approximate surface area is 210 Å². The van der Waals surface area contributed by atoms with Crippen molar-refractivity contribution in [1.29, 1.82) is 0 Å². The van der Waals surface area contributed by atoms with Crippen molar-refractivity contribution in [2.75, 3.05) is 19.6 Å². The van der Waals surface area contributed by atoms with Gasteiger partial charge in [0.1, 0.15) is 6.33 Å². The van der Waals surface area contributed by atoms with Crippen molar-refractivity contribution < 1.29 is 27.9 Å². The maximum absolute atomic E-state index is 13.7. The molecule has 0 unspecified atom stereocenters. The second-order valence-corrected chi connectivity index (χ2v) is 9.51. The number of piperidine rings is 1. The highest BCUT2D eigenvalue weighted by molar-refractivity contribution is 5.86. The van der Waals surface area contributed by atoms with E-state index >= 15 is 0 Å². The highest BCUT2D eigenvalue weighted by Crippen LogP contribution is 2.40. The zero-order valence-corrected chi connectivity index (χ0v) is 19.9. The number of aromatic carboxylic acids is 1. The Morgan fingerprint density at radius 3 is 2.38 bits per heavy atom. The first-order valence-electron chi connectivity index (χ1n) is 11.9. The Bertz CT molecular complexity index is 1300. The van der Waals surface area contributed by atoms with E-state index in [9.17, 15) is 22.8 Å². The number of hydrogen-bond acceptors (Lipinski definition) is 6. The molecule has 2 aliphatic rings. The lowest BCUT2D eigenvalue weighted by atomic mass is 9.84. The van der Waals surface area contributed by atoms with Gasteiger partial charge >= 0.3 is 18.2 Å². The molecule has 2 fully saturated rings. The average molecular weight is 515 g/mol. The van der Waals surface area contributed by atoms with Gasteiger partial charge in [0.15, 0.2) is 5.69 Å². The summed E-state index contributed by atoms with van der Waals surface area (Å²) in [5.41, 5.74) is 0.369. The molecule has 0 bridgehead atoms. The van der Waals surface area contributed by atoms with Crippen molar-refractivity contribution in [3.63, 3.8) is 0 Å². The van der Waals surface area contributed by atoms with E-state index in [0.29, 0.717) is 49.2 Å². The van der Waals surface area contributed by atoms with Crippen molar-refractivity contribution in [3.05, 3.63) is 66.0 Å². The highest BCUT2D eigenvalue weighted by atomic mass is 19.4. The standard InChI is InChI=1S/C25H25F3N6O3/c26-25(27,28)20-11-17(10-18(12-20)19-13-29-16-30-14-19)15-33-6-1-3-24(33)4-8-32(9-5-24)23(37)34-7-2-21(31-34)22(35)36/h2,7,10-14,16H,1,3-6,8-9,15H2,(H,35,36). The van der Waals surface area contributed by atoms with E-state index in [4.69, 9.17) is 5.11 Å². The largest absolute Gasteiger partial charge is 0.476 e. The monoisotopic (exact) mass is 514 g/mol. The van der Waals surface area contributed by atoms with Gasteiger partial charge in [0.05, 0.1) is 5.56 Å². The highest BCUT2D eigenvalue weighted by Gasteiger charge is 2.44. The number of nitrogens with zero attached hydrogens (tertiary/aromatic N) is 6. The summed E-state index contributed by atoms with van der Waals surface area (Å²) in [4.78, 5) is 35.6. The molecule has 12 heteroatoms. The van der Waals surface area contributed by atoms with Crippen LogP contribution in [0.1, 0.15) is 47.3 Å². The molecule has 1 amide bonds. The van der Waals surface area contributed by atoms with Crippen molar-refractivity contribution in [3.8, 4) is 11.1 Å². The fourth-order valence-electron chi connectivity index (χ4n) is 5.39. The van der Waals surface area contributed by atoms with E-state index in [-0.39, 0.29) is 17.3 Å². The van der Waals surface area contributed by atoms with Crippen LogP contribution in [-0.2, 0) is 12.7 Å². The van der Waals surface area contributed by atoms with Gasteiger partial charge in [-0.05, 0) is 67.6 Å². The Balaban J connectivity index is 1.33. The molecule has 0 saturated carbocycles. The number of carbonyl (C=O) groups excluding carboxylic acids is 1. The Morgan fingerprint density at radius 1 is 1.00 bits per heavy atom. The van der Waals surface area contributed by atoms with Crippen LogP contribution in [0.4, 0.5) is 18.0 Å². The Hall–Kier alpha value is -3.80. The molecule has 194 valence electrons. The number of rotatable bonds is 4. The van der Waals surface area contributed by atoms with Crippen LogP contribution in [0, 0.1) is 0 Å². The van der Waals surface area contributed by atoms with E-state index in [1.165, 1.54) is 37.1 Å². The fraction of sp³-hybridized carbons (Fsp3) is 0.400. The molecule has 0 aliphatic carbocycles. The van der Waals surface area contributed by atoms with Crippen LogP contribution in [0.5, 0.6) is 0 Å². The van der Waals surface area contributed by atoms with Gasteiger partial charge in [-0.15, -0.1) is 0 Å². The molecule has 2 aliphatic heterocycles. The number of hydrogen-bond donors (Lipinski definition) is 1. The molecule has 0 radical (unpaired) electrons. The molecule has 5 rings (SSSR count). The van der Waals surface area contributed by atoms with Gasteiger partial charge < -0.3 is 10.0 Å². The molecule has 1 aromatic carbocycles. The predicted molar refractivity (Wildman–Crippen MR) is 126 cm³/mol. The first-order chi connectivity index (χ1) is 17.6. The number of carboxylic acids is 1. The summed E-state index contributed by atoms with van der Waals surface area (Å²) in [5, 5.41) is 12.9. The van der Waals surface area contributed by atoms with Gasteiger partial charge in [-0.2, -0.15) is 23.0 Å². The van der Waals surface area contributed by atoms with Crippen molar-refractivity contribution in [2.24, 2.45) is 0 Å². The maximum atomic E-state index is 13.7. The minimum Gasteiger partial charge on any atom is -0.476 e. The van der Waals surface area contributed by atoms with Gasteiger partial charge in [-0.1, -0.05) is 0 Å². The Kier molecular flexibility index (Phi) is 6.44. The zero-order valence-electron chi connectivity index (χ0n) is 19.9. The summed E-state index contributed by atoms with van der Waals surface area (Å²) in [5.74, 6) is -1.21. The number of carbonyl (C=O) groups is 2. The zero-order chi connectivity index (χ0) is 26.2. The van der Waals surface area contributed by atoms with Crippen molar-refractivity contribution in [2.45, 2.75) is 43.9 Å². The van der Waals surface area contributed by atoms with E-state index < -0.39 is 17.7 Å². The van der Waals surface area contributed by atoms with Crippen molar-refractivity contribution in [1.82, 2.24) is 29.5 Å². The summed E-state index contributed by atoms with van der Waals surface area (Å²) in [6, 6.07) is 4.97. The third-order valence-electron chi connectivity index (χ3n) is 7.30. The first kappa shape index (κ1) is 24.9. The van der Waals surface area contributed by atoms with Crippen LogP contribution in [0.2, 0.25) is 0 Å². The van der Waals surface area contributed by atoms with E-state index in [0.717, 1.165) is 30.1 Å². The third-order valence-corrected chi connectivity index (χ3v) is 7.30. The number of alkyl halides is 3. The lowest BCUT2D eigenvalue weighted by Gasteiger charge is -2.45. The van der Waals surface area contributed by atoms with Crippen LogP contribution in [-0.4, -0.2) is 71.8 Å². The average Bonchev–Trinajstić information content (AvgIpc) is 3.52. The second kappa shape index (κ2) is 9.58. The molecular formula is C25H25F3N6O3. The number of amides is 1. The molecule has 37 heavy (non-hydrogen) atoms. The molecule has 9 nitrogen and oxygen atoms in total. The maximum Gasteiger partial charge on any atom is 0.416 e. The number of carboxylic acid groups (broad SMARTS) is 1. The summed E-state index contributed by atoms with van der Waals surface area (Å²) in [6.07, 6.45) is 4.34. The summed E-state index contributed by atoms with van der Waals surface area (Å²) >= 11 is 0. The van der Waals surface area contributed by atoms with Crippen LogP contribution < -0.4 is 0 Å². The topological polar surface area (TPSA) is 104 Å². The van der Waals surface area contributed by atoms with E-state index in [1.807, 2.05) is 0 Å². The molecular weight excluding hydrogens is 489 g/mol. The molecule has 2 aromatic heterocycles. The molecule has 4 heterocycles. The van der Waals surface area contributed by atoms with E-state index in [2.05, 4.69) is 20.0 Å². The van der Waals surface area contributed by atoms with Crippen LogP contribution in [0.15, 0.2) is 49.2 Å². The second-order valence-electron chi connectivity index (χ2n) is 9.51. The van der Waals surface area contributed by atoms with Gasteiger partial charge in [0, 0.05) is 49.3 Å². The van der Waals surface area contributed by atoms with Gasteiger partial charge in [0.2, 0.25) is 0 Å². The number of benzene rings is 1. The van der Waals surface area contributed by atoms with Crippen LogP contribution >= 0.6 is 0 Å². The normalized spacial score (nSPS) is 17.9. The number of aromatic nitrogens is 4. The lowest BCUT2D eigenvalue weighted by Crippen LogP contribution is -2.53. The van der Waals surface area contributed by atoms with Gasteiger partial charge in [0.25, 0.3) is 0 Å². The Morgan fingerprint density at radius 2 is 1.73 bits per heavy atom. The number of halogens is 3. The molecule has 1 spiro atoms. The minimum absolute atomic E-state index is 0.202. The SMILES string of the molecule is O=C(O)c1ccn(C(=O)N2CCC3(CCCN3Cc3cc(-c4cncnc4)cc(C(F)(F)F)c3)CC2)n1. The van der Waals surface area contributed by atoms with Gasteiger partial charge in [-0.25, -0.2) is 19.6 Å². The molecule has 3 aromatic rings. The third kappa shape index (κ3) is 5.06. The number of likely N-dealkylation sites (tertiary alicyclic amines) is 2. The predicted octanol–water partition coefficient (Wildman–Crippen LogP) is 4.16. The van der Waals surface area contributed by atoms with E-state index in [1.54, 1.807) is 11.0 Å². The first-order valence-corrected chi connectivity index (χ1v) is 11.9. The molecule has 0 atom stereocenters. The van der Waals surface area contributed by atoms with Crippen LogP contribution in [0.3, 0.4) is 0 Å². The summed E-state index contributed by atoms with van der Waals surface area (Å²) in [6.45, 7) is 2.02. The summed E-state index contributed by atoms with van der Waals surface area (Å²) in [7, 11) is 0. The minimum atomic E-state index is -4.48. The molecule has 2 saturated heterocycles. The van der Waals surface area contributed by atoms with Crippen molar-refractivity contribution >= 4 is 12.0 Å². The van der Waals surface area contributed by atoms with Crippen LogP contribution in [0.25, 0.3) is 11.1 Å². The lowest BCUT2D eigenvalue weighted by molar-refractivity contribution is -0.137. The fourth-order valence-corrected chi connectivity index (χ4v) is 5.39. The quantitative estimate of drug-likeness (QED) is 0.558. The summed E-state index contributed by atoms with van der Waals surface area (Å²) < 4.78 is 42.2.